The molecule has 2 aromatic carbocycles. The van der Waals surface area contributed by atoms with Gasteiger partial charge in [-0.05, 0) is 72.9 Å². The zero-order chi connectivity index (χ0) is 20.5. The van der Waals surface area contributed by atoms with Crippen molar-refractivity contribution in [1.29, 1.82) is 0 Å². The van der Waals surface area contributed by atoms with Crippen LogP contribution in [0.3, 0.4) is 0 Å². The topological polar surface area (TPSA) is 90.5 Å². The Morgan fingerprint density at radius 2 is 1.59 bits per heavy atom. The van der Waals surface area contributed by atoms with Crippen LogP contribution in [0.4, 0.5) is 10.5 Å². The molecule has 2 aliphatic carbocycles. The van der Waals surface area contributed by atoms with Crippen LogP contribution in [0.5, 0.6) is 0 Å². The molecule has 6 nitrogen and oxygen atoms in total. The van der Waals surface area contributed by atoms with E-state index in [-0.39, 0.29) is 0 Å². The van der Waals surface area contributed by atoms with E-state index in [0.29, 0.717) is 9.79 Å². The van der Waals surface area contributed by atoms with Gasteiger partial charge in [0.1, 0.15) is 11.4 Å². The molecule has 8 heteroatoms. The van der Waals surface area contributed by atoms with Gasteiger partial charge in [-0.2, -0.15) is 0 Å². The number of urea groups is 1. The van der Waals surface area contributed by atoms with Gasteiger partial charge >= 0.3 is 6.03 Å². The molecule has 154 valence electrons. The monoisotopic (exact) mass is 431 g/mol. The molecule has 0 fully saturated rings. The van der Waals surface area contributed by atoms with Gasteiger partial charge in [-0.15, -0.1) is 9.03 Å². The van der Waals surface area contributed by atoms with Gasteiger partial charge in [0.05, 0.1) is 17.4 Å². The van der Waals surface area contributed by atoms with E-state index >= 15 is 0 Å². The highest BCUT2D eigenvalue weighted by Gasteiger charge is 2.26. The second kappa shape index (κ2) is 8.57. The predicted octanol–water partition coefficient (Wildman–Crippen LogP) is 3.09. The lowest BCUT2D eigenvalue weighted by atomic mass is 9.99. The summed E-state index contributed by atoms with van der Waals surface area (Å²) in [5.41, 5.74) is 6.05. The van der Waals surface area contributed by atoms with Gasteiger partial charge in [-0.1, -0.05) is 12.1 Å². The maximum absolute atomic E-state index is 12.7. The first-order valence-electron chi connectivity index (χ1n) is 9.79. The van der Waals surface area contributed by atoms with Crippen LogP contribution in [0, 0.1) is 0 Å². The van der Waals surface area contributed by atoms with Crippen LogP contribution in [0.15, 0.2) is 40.1 Å². The third-order valence-corrected chi connectivity index (χ3v) is 7.82. The summed E-state index contributed by atoms with van der Waals surface area (Å²) in [6.45, 7) is 0. The zero-order valence-corrected chi connectivity index (χ0v) is 18.3. The number of nitrogens with one attached hydrogen (secondary N) is 2. The number of hydrogen-bond acceptors (Lipinski definition) is 4. The second-order valence-corrected chi connectivity index (χ2v) is 10.5. The van der Waals surface area contributed by atoms with Crippen molar-refractivity contribution in [2.45, 2.75) is 48.3 Å². The molecule has 2 aliphatic rings. The summed E-state index contributed by atoms with van der Waals surface area (Å²) in [5, 5.41) is 2.99. The van der Waals surface area contributed by atoms with Crippen molar-refractivity contribution in [1.82, 2.24) is 9.03 Å². The fraction of sp³-hybridized carbons (Fsp3) is 0.381. The number of hydrogen-bond donors (Lipinski definition) is 2. The molecule has 2 atom stereocenters. The average molecular weight is 432 g/mol. The number of carbonyl (C=O) groups excluding carboxylic acids is 1. The average Bonchev–Trinajstić information content (AvgIpc) is 3.36. The van der Waals surface area contributed by atoms with E-state index in [2.05, 4.69) is 16.1 Å². The van der Waals surface area contributed by atoms with E-state index < -0.39 is 28.8 Å². The molecule has 29 heavy (non-hydrogen) atoms. The molecule has 0 saturated carbocycles. The standard InChI is InChI=1S/C21H25N3O3S2/c1-24(2)29(27)17-9-5-8-16(13-17)28(26)23-21(25)22-20-18-10-3-6-14(18)12-15-7-4-11-19(15)20/h5,8-9,12-13H,3-4,6-7,10-11H2,1-2H3,(H2,22,23,25). The summed E-state index contributed by atoms with van der Waals surface area (Å²) in [5.74, 6) is 0. The van der Waals surface area contributed by atoms with Crippen LogP contribution in [-0.2, 0) is 48.4 Å². The maximum Gasteiger partial charge on any atom is 0.361 e. The predicted molar refractivity (Wildman–Crippen MR) is 116 cm³/mol. The Morgan fingerprint density at radius 3 is 2.21 bits per heavy atom. The Morgan fingerprint density at radius 1 is 0.966 bits per heavy atom. The van der Waals surface area contributed by atoms with Gasteiger partial charge in [-0.3, -0.25) is 0 Å². The summed E-state index contributed by atoms with van der Waals surface area (Å²) in [4.78, 5) is 13.6. The van der Waals surface area contributed by atoms with Gasteiger partial charge in [0.2, 0.25) is 0 Å². The molecular weight excluding hydrogens is 406 g/mol. The Hall–Kier alpha value is -1.71. The number of benzene rings is 2. The van der Waals surface area contributed by atoms with Crippen LogP contribution >= 0.6 is 0 Å². The lowest BCUT2D eigenvalue weighted by Gasteiger charge is -2.18. The van der Waals surface area contributed by atoms with E-state index in [4.69, 9.17) is 0 Å². The van der Waals surface area contributed by atoms with E-state index in [1.807, 2.05) is 0 Å². The van der Waals surface area contributed by atoms with Gasteiger partial charge in [-0.25, -0.2) is 4.79 Å². The van der Waals surface area contributed by atoms with Crippen molar-refractivity contribution in [2.75, 3.05) is 19.4 Å². The zero-order valence-electron chi connectivity index (χ0n) is 16.6. The summed E-state index contributed by atoms with van der Waals surface area (Å²) in [6, 6.07) is 8.50. The normalized spacial score (nSPS) is 17.0. The fourth-order valence-electron chi connectivity index (χ4n) is 4.16. The molecule has 2 aromatic rings. The number of nitrogens with zero attached hydrogens (tertiary/aromatic N) is 1. The Labute approximate surface area is 177 Å². The number of anilines is 1. The van der Waals surface area contributed by atoms with Crippen LogP contribution in [-0.4, -0.2) is 33.5 Å². The number of fused-ring (bicyclic) bond motifs is 2. The Bertz CT molecular complexity index is 903. The van der Waals surface area contributed by atoms with Gasteiger partial charge in [0.25, 0.3) is 0 Å². The van der Waals surface area contributed by atoms with Crippen LogP contribution in [0.1, 0.15) is 35.1 Å². The lowest BCUT2D eigenvalue weighted by molar-refractivity contribution is 0.256. The summed E-state index contributed by atoms with van der Waals surface area (Å²) < 4.78 is 29.0. The first kappa shape index (κ1) is 20.6. The Balaban J connectivity index is 1.49. The van der Waals surface area contributed by atoms with Crippen LogP contribution < -0.4 is 10.0 Å². The largest absolute Gasteiger partial charge is 0.593 e. The number of carbonyl (C=O) groups is 1. The highest BCUT2D eigenvalue weighted by Crippen LogP contribution is 2.38. The van der Waals surface area contributed by atoms with Crippen molar-refractivity contribution in [3.8, 4) is 0 Å². The summed E-state index contributed by atoms with van der Waals surface area (Å²) in [6.07, 6.45) is 6.27. The summed E-state index contributed by atoms with van der Waals surface area (Å²) >= 11 is -3.07. The molecule has 0 heterocycles. The molecule has 0 radical (unpaired) electrons. The summed E-state index contributed by atoms with van der Waals surface area (Å²) in [7, 11) is 3.42. The minimum absolute atomic E-state index is 0.413. The van der Waals surface area contributed by atoms with Crippen molar-refractivity contribution in [2.24, 2.45) is 0 Å². The van der Waals surface area contributed by atoms with Crippen molar-refractivity contribution < 1.29 is 13.9 Å². The van der Waals surface area contributed by atoms with E-state index in [9.17, 15) is 13.9 Å². The highest BCUT2D eigenvalue weighted by atomic mass is 32.2. The molecule has 4 rings (SSSR count). The minimum Gasteiger partial charge on any atom is -0.593 e. The first-order valence-corrected chi connectivity index (χ1v) is 12.0. The van der Waals surface area contributed by atoms with Crippen molar-refractivity contribution >= 4 is 34.4 Å². The van der Waals surface area contributed by atoms with Crippen molar-refractivity contribution in [3.05, 3.63) is 52.6 Å². The molecule has 0 spiro atoms. The lowest BCUT2D eigenvalue weighted by Crippen LogP contribution is -2.35. The fourth-order valence-corrected chi connectivity index (χ4v) is 5.85. The molecule has 2 amide bonds. The first-order chi connectivity index (χ1) is 13.9. The smallest absolute Gasteiger partial charge is 0.361 e. The molecule has 2 unspecified atom stereocenters. The van der Waals surface area contributed by atoms with Gasteiger partial charge < -0.3 is 14.4 Å². The van der Waals surface area contributed by atoms with E-state index in [1.165, 1.54) is 22.3 Å². The second-order valence-electron chi connectivity index (χ2n) is 7.60. The molecule has 2 N–H and O–H groups in total. The van der Waals surface area contributed by atoms with E-state index in [1.54, 1.807) is 42.7 Å². The maximum atomic E-state index is 12.7. The molecule has 0 saturated heterocycles. The third-order valence-electron chi connectivity index (χ3n) is 5.45. The Kier molecular flexibility index (Phi) is 6.08. The van der Waals surface area contributed by atoms with Gasteiger partial charge in [0, 0.05) is 19.8 Å². The highest BCUT2D eigenvalue weighted by molar-refractivity contribution is 7.90. The molecule has 0 aliphatic heterocycles. The van der Waals surface area contributed by atoms with Crippen LogP contribution in [0.2, 0.25) is 0 Å². The van der Waals surface area contributed by atoms with Gasteiger partial charge in [0.15, 0.2) is 9.79 Å². The number of aryl methyl sites for hydroxylation is 2. The van der Waals surface area contributed by atoms with Crippen LogP contribution in [0.25, 0.3) is 0 Å². The minimum atomic E-state index is -1.74. The SMILES string of the molecule is CN(C)[S+]([O-])c1cccc([S+]([O-])NC(=O)Nc2c3c(cc4c2CCC4)CCC3)c1. The third kappa shape index (κ3) is 4.27. The van der Waals surface area contributed by atoms with E-state index in [0.717, 1.165) is 44.2 Å². The molecular formula is C21H25N3O3S2. The quantitative estimate of drug-likeness (QED) is 0.712. The molecule has 0 bridgehead atoms. The number of amides is 2. The number of rotatable bonds is 5. The molecule has 0 aromatic heterocycles. The van der Waals surface area contributed by atoms with Crippen molar-refractivity contribution in [3.63, 3.8) is 0 Å².